The highest BCUT2D eigenvalue weighted by molar-refractivity contribution is 6.01. The molecule has 0 saturated carbocycles. The van der Waals surface area contributed by atoms with Gasteiger partial charge in [-0.1, -0.05) is 17.3 Å². The first kappa shape index (κ1) is 21.9. The van der Waals surface area contributed by atoms with Crippen LogP contribution in [0.4, 0.5) is 23.7 Å². The van der Waals surface area contributed by atoms with Crippen LogP contribution in [0.15, 0.2) is 53.7 Å². The van der Waals surface area contributed by atoms with E-state index in [1.54, 1.807) is 36.4 Å². The van der Waals surface area contributed by atoms with Crippen LogP contribution in [0.5, 0.6) is 5.75 Å². The molecule has 0 atom stereocenters. The van der Waals surface area contributed by atoms with E-state index in [9.17, 15) is 18.0 Å². The van der Waals surface area contributed by atoms with Crippen LogP contribution in [-0.4, -0.2) is 42.7 Å². The number of alkyl halides is 3. The maximum absolute atomic E-state index is 12.8. The van der Waals surface area contributed by atoms with Crippen molar-refractivity contribution in [2.45, 2.75) is 31.0 Å². The average Bonchev–Trinajstić information content (AvgIpc) is 3.19. The first-order valence-corrected chi connectivity index (χ1v) is 10.1. The molecule has 1 N–H and O–H groups in total. The predicted molar refractivity (Wildman–Crippen MR) is 110 cm³/mol. The standard InChI is InChI=1S/C22H22F3N3O4/c1-30-18-8-6-17(7-9-18)26-20(29)31-28-12-10-21(11-13-28)14-19(27-32-21)15-2-4-16(5-3-15)22(23,24)25/h2-9H,10-14H2,1H3,(H,26,29). The summed E-state index contributed by atoms with van der Waals surface area (Å²) in [5.74, 6) is 0.680. The molecule has 1 spiro atoms. The fraction of sp³-hybridized carbons (Fsp3) is 0.364. The quantitative estimate of drug-likeness (QED) is 0.724. The van der Waals surface area contributed by atoms with Gasteiger partial charge in [-0.3, -0.25) is 5.32 Å². The molecule has 0 unspecified atom stereocenters. The van der Waals surface area contributed by atoms with Crippen LogP contribution in [0.25, 0.3) is 0 Å². The SMILES string of the molecule is COc1ccc(NC(=O)ON2CCC3(CC2)CC(c2ccc(C(F)(F)F)cc2)=NO3)cc1. The Kier molecular flexibility index (Phi) is 5.96. The Morgan fingerprint density at radius 1 is 1.09 bits per heavy atom. The Morgan fingerprint density at radius 3 is 2.34 bits per heavy atom. The summed E-state index contributed by atoms with van der Waals surface area (Å²) >= 11 is 0. The first-order valence-electron chi connectivity index (χ1n) is 10.1. The molecule has 1 amide bonds. The number of methoxy groups -OCH3 is 1. The van der Waals surface area contributed by atoms with E-state index in [-0.39, 0.29) is 0 Å². The third kappa shape index (κ3) is 4.96. The van der Waals surface area contributed by atoms with Crippen molar-refractivity contribution in [1.82, 2.24) is 5.06 Å². The molecule has 0 aliphatic carbocycles. The van der Waals surface area contributed by atoms with E-state index in [1.807, 2.05) is 0 Å². The highest BCUT2D eigenvalue weighted by atomic mass is 19.4. The molecule has 170 valence electrons. The summed E-state index contributed by atoms with van der Waals surface area (Å²) in [5, 5.41) is 8.33. The number of amides is 1. The highest BCUT2D eigenvalue weighted by Crippen LogP contribution is 2.37. The van der Waals surface area contributed by atoms with Gasteiger partial charge in [-0.05, 0) is 42.0 Å². The van der Waals surface area contributed by atoms with Gasteiger partial charge >= 0.3 is 12.3 Å². The lowest BCUT2D eigenvalue weighted by Gasteiger charge is -2.35. The number of hydroxylamine groups is 2. The van der Waals surface area contributed by atoms with Gasteiger partial charge in [-0.25, -0.2) is 4.79 Å². The minimum atomic E-state index is -4.37. The minimum Gasteiger partial charge on any atom is -0.497 e. The first-order chi connectivity index (χ1) is 15.3. The molecule has 1 fully saturated rings. The van der Waals surface area contributed by atoms with E-state index in [1.165, 1.54) is 12.1 Å². The zero-order valence-electron chi connectivity index (χ0n) is 17.3. The van der Waals surface area contributed by atoms with Gasteiger partial charge in [0.05, 0.1) is 18.4 Å². The number of carbonyl (C=O) groups excluding carboxylic acids is 1. The normalized spacial score (nSPS) is 18.1. The molecule has 0 aromatic heterocycles. The lowest BCUT2D eigenvalue weighted by atomic mass is 9.86. The van der Waals surface area contributed by atoms with E-state index >= 15 is 0 Å². The number of ether oxygens (including phenoxy) is 1. The largest absolute Gasteiger partial charge is 0.497 e. The summed E-state index contributed by atoms with van der Waals surface area (Å²) in [6.45, 7) is 0.900. The number of halogens is 3. The zero-order chi connectivity index (χ0) is 22.8. The number of anilines is 1. The van der Waals surface area contributed by atoms with Gasteiger partial charge in [0.15, 0.2) is 0 Å². The van der Waals surface area contributed by atoms with Crippen molar-refractivity contribution in [3.8, 4) is 5.75 Å². The molecule has 0 bridgehead atoms. The molecule has 10 heteroatoms. The number of nitrogens with one attached hydrogen (secondary N) is 1. The molecule has 2 aromatic rings. The van der Waals surface area contributed by atoms with Crippen LogP contribution >= 0.6 is 0 Å². The number of oxime groups is 1. The summed E-state index contributed by atoms with van der Waals surface area (Å²) in [4.78, 5) is 23.2. The van der Waals surface area contributed by atoms with E-state index in [4.69, 9.17) is 14.4 Å². The second-order valence-corrected chi connectivity index (χ2v) is 7.73. The molecule has 0 radical (unpaired) electrons. The molecule has 2 aliphatic heterocycles. The minimum absolute atomic E-state index is 0.450. The van der Waals surface area contributed by atoms with Gasteiger partial charge in [0.1, 0.15) is 11.4 Å². The van der Waals surface area contributed by atoms with Crippen molar-refractivity contribution in [3.05, 3.63) is 59.7 Å². The van der Waals surface area contributed by atoms with Gasteiger partial charge in [0.25, 0.3) is 0 Å². The van der Waals surface area contributed by atoms with Crippen molar-refractivity contribution in [2.24, 2.45) is 5.16 Å². The molecular formula is C22H22F3N3O4. The van der Waals surface area contributed by atoms with Crippen LogP contribution in [0.2, 0.25) is 0 Å². The Labute approximate surface area is 182 Å². The maximum atomic E-state index is 12.8. The topological polar surface area (TPSA) is 72.4 Å². The summed E-state index contributed by atoms with van der Waals surface area (Å²) in [5.41, 5.74) is 0.564. The third-order valence-corrected chi connectivity index (χ3v) is 5.57. The Morgan fingerprint density at radius 2 is 1.75 bits per heavy atom. The smallest absolute Gasteiger partial charge is 0.430 e. The lowest BCUT2D eigenvalue weighted by molar-refractivity contribution is -0.154. The van der Waals surface area contributed by atoms with E-state index in [0.717, 1.165) is 12.1 Å². The summed E-state index contributed by atoms with van der Waals surface area (Å²) in [6, 6.07) is 11.8. The number of benzene rings is 2. The number of hydrogen-bond donors (Lipinski definition) is 1. The van der Waals surface area contributed by atoms with Gasteiger partial charge in [-0.15, -0.1) is 5.06 Å². The monoisotopic (exact) mass is 449 g/mol. The van der Waals surface area contributed by atoms with E-state index < -0.39 is 23.4 Å². The second-order valence-electron chi connectivity index (χ2n) is 7.73. The molecule has 4 rings (SSSR count). The molecule has 2 aromatic carbocycles. The maximum Gasteiger partial charge on any atom is 0.430 e. The van der Waals surface area contributed by atoms with Gasteiger partial charge in [-0.2, -0.15) is 13.2 Å². The lowest BCUT2D eigenvalue weighted by Crippen LogP contribution is -2.45. The number of hydrogen-bond acceptors (Lipinski definition) is 6. The van der Waals surface area contributed by atoms with Gasteiger partial charge < -0.3 is 14.4 Å². The fourth-order valence-electron chi connectivity index (χ4n) is 3.71. The summed E-state index contributed by atoms with van der Waals surface area (Å²) in [7, 11) is 1.56. The van der Waals surface area contributed by atoms with Crippen LogP contribution < -0.4 is 10.1 Å². The van der Waals surface area contributed by atoms with Crippen LogP contribution in [0, 0.1) is 0 Å². The Balaban J connectivity index is 1.27. The van der Waals surface area contributed by atoms with Gasteiger partial charge in [0, 0.05) is 38.0 Å². The number of piperidine rings is 1. The van der Waals surface area contributed by atoms with Crippen LogP contribution in [0.3, 0.4) is 0 Å². The van der Waals surface area contributed by atoms with Crippen molar-refractivity contribution < 1.29 is 32.4 Å². The van der Waals surface area contributed by atoms with Crippen LogP contribution in [-0.2, 0) is 15.9 Å². The van der Waals surface area contributed by atoms with Crippen molar-refractivity contribution in [2.75, 3.05) is 25.5 Å². The predicted octanol–water partition coefficient (Wildman–Crippen LogP) is 4.84. The highest BCUT2D eigenvalue weighted by Gasteiger charge is 2.43. The molecule has 32 heavy (non-hydrogen) atoms. The van der Waals surface area contributed by atoms with Crippen LogP contribution in [0.1, 0.15) is 30.4 Å². The van der Waals surface area contributed by atoms with Crippen molar-refractivity contribution >= 4 is 17.5 Å². The molecule has 2 aliphatic rings. The summed E-state index contributed by atoms with van der Waals surface area (Å²) < 4.78 is 43.4. The van der Waals surface area contributed by atoms with Gasteiger partial charge in [0.2, 0.25) is 0 Å². The fourth-order valence-corrected chi connectivity index (χ4v) is 3.71. The second kappa shape index (κ2) is 8.70. The number of nitrogens with zero attached hydrogens (tertiary/aromatic N) is 2. The van der Waals surface area contributed by atoms with Crippen molar-refractivity contribution in [1.29, 1.82) is 0 Å². The number of carbonyl (C=O) groups is 1. The Hall–Kier alpha value is -3.27. The zero-order valence-corrected chi connectivity index (χ0v) is 17.3. The number of rotatable bonds is 4. The van der Waals surface area contributed by atoms with Crippen molar-refractivity contribution in [3.63, 3.8) is 0 Å². The third-order valence-electron chi connectivity index (χ3n) is 5.57. The molecule has 7 nitrogen and oxygen atoms in total. The molecule has 1 saturated heterocycles. The average molecular weight is 449 g/mol. The van der Waals surface area contributed by atoms with E-state index in [2.05, 4.69) is 10.5 Å². The van der Waals surface area contributed by atoms with E-state index in [0.29, 0.717) is 55.1 Å². The summed E-state index contributed by atoms with van der Waals surface area (Å²) in [6.07, 6.45) is -3.35. The Bertz CT molecular complexity index is 983. The molecular weight excluding hydrogens is 427 g/mol. The molecule has 2 heterocycles.